The van der Waals surface area contributed by atoms with Crippen molar-refractivity contribution >= 4 is 29.9 Å². The Kier molecular flexibility index (Phi) is 12.8. The smallest absolute Gasteiger partial charge is 0.193 e. The largest absolute Gasteiger partial charge is 0.379 e. The topological polar surface area (TPSA) is 58.6 Å². The zero-order chi connectivity index (χ0) is 19.4. The van der Waals surface area contributed by atoms with Crippen LogP contribution in [0.1, 0.15) is 44.9 Å². The molecule has 29 heavy (non-hydrogen) atoms. The first-order valence-electron chi connectivity index (χ1n) is 11.3. The summed E-state index contributed by atoms with van der Waals surface area (Å²) in [6.45, 7) is 9.81. The highest BCUT2D eigenvalue weighted by Gasteiger charge is 2.23. The van der Waals surface area contributed by atoms with E-state index in [2.05, 4.69) is 20.1 Å². The van der Waals surface area contributed by atoms with E-state index in [1.165, 1.54) is 32.2 Å². The van der Waals surface area contributed by atoms with Crippen molar-refractivity contribution in [2.75, 3.05) is 72.7 Å². The molecule has 0 aromatic carbocycles. The molecule has 1 N–H and O–H groups in total. The van der Waals surface area contributed by atoms with E-state index in [1.54, 1.807) is 0 Å². The van der Waals surface area contributed by atoms with E-state index in [0.29, 0.717) is 12.2 Å². The fraction of sp³-hybridized carbons (Fsp3) is 0.952. The molecule has 0 aromatic rings. The van der Waals surface area contributed by atoms with Crippen LogP contribution in [0, 0.1) is 0 Å². The molecular weight excluding hydrogens is 483 g/mol. The van der Waals surface area contributed by atoms with Crippen LogP contribution in [0.4, 0.5) is 0 Å². The lowest BCUT2D eigenvalue weighted by atomic mass is 10.1. The third-order valence-electron chi connectivity index (χ3n) is 6.03. The molecule has 1 unspecified atom stereocenters. The Morgan fingerprint density at radius 2 is 1.83 bits per heavy atom. The lowest BCUT2D eigenvalue weighted by Crippen LogP contribution is -2.47. The van der Waals surface area contributed by atoms with Crippen molar-refractivity contribution in [1.82, 2.24) is 15.1 Å². The number of nitrogens with zero attached hydrogens (tertiary/aromatic N) is 3. The van der Waals surface area contributed by atoms with Gasteiger partial charge in [-0.15, -0.1) is 24.0 Å². The highest BCUT2D eigenvalue weighted by molar-refractivity contribution is 14.0. The van der Waals surface area contributed by atoms with Crippen molar-refractivity contribution in [2.24, 2.45) is 4.99 Å². The summed E-state index contributed by atoms with van der Waals surface area (Å²) in [6.07, 6.45) is 8.87. The Balaban J connectivity index is 0.00000300. The van der Waals surface area contributed by atoms with Crippen molar-refractivity contribution in [3.63, 3.8) is 0 Å². The summed E-state index contributed by atoms with van der Waals surface area (Å²) in [5, 5.41) is 3.55. The molecule has 3 fully saturated rings. The molecule has 170 valence electrons. The molecule has 3 aliphatic rings. The molecule has 7 nitrogen and oxygen atoms in total. The van der Waals surface area contributed by atoms with Crippen LogP contribution in [-0.2, 0) is 14.2 Å². The van der Waals surface area contributed by atoms with E-state index < -0.39 is 0 Å². The summed E-state index contributed by atoms with van der Waals surface area (Å²) in [4.78, 5) is 9.36. The molecule has 0 spiro atoms. The van der Waals surface area contributed by atoms with Crippen molar-refractivity contribution in [3.8, 4) is 0 Å². The van der Waals surface area contributed by atoms with Gasteiger partial charge in [0, 0.05) is 46.4 Å². The molecule has 0 aliphatic carbocycles. The molecule has 3 saturated heterocycles. The van der Waals surface area contributed by atoms with Gasteiger partial charge in [0.15, 0.2) is 5.96 Å². The lowest BCUT2D eigenvalue weighted by molar-refractivity contribution is -0.0721. The molecular formula is C21H41IN4O3. The maximum absolute atomic E-state index is 6.13. The minimum absolute atomic E-state index is 0. The van der Waals surface area contributed by atoms with Gasteiger partial charge in [0.1, 0.15) is 0 Å². The fourth-order valence-corrected chi connectivity index (χ4v) is 4.23. The number of unbranched alkanes of at least 4 members (excludes halogenated alkanes) is 1. The van der Waals surface area contributed by atoms with E-state index in [9.17, 15) is 0 Å². The first-order chi connectivity index (χ1) is 13.8. The van der Waals surface area contributed by atoms with E-state index >= 15 is 0 Å². The van der Waals surface area contributed by atoms with E-state index in [4.69, 9.17) is 14.2 Å². The quantitative estimate of drug-likeness (QED) is 0.228. The SMILES string of the molecule is CN=C(NCCCCN1CCOCC1)N1CCC(OCC2CCCCO2)CC1.I. The Labute approximate surface area is 193 Å². The maximum atomic E-state index is 6.13. The molecule has 3 aliphatic heterocycles. The van der Waals surface area contributed by atoms with Crippen LogP contribution < -0.4 is 5.32 Å². The Morgan fingerprint density at radius 3 is 2.52 bits per heavy atom. The van der Waals surface area contributed by atoms with Crippen LogP contribution >= 0.6 is 24.0 Å². The summed E-state index contributed by atoms with van der Waals surface area (Å²) in [5.74, 6) is 1.04. The zero-order valence-electron chi connectivity index (χ0n) is 18.2. The Morgan fingerprint density at radius 1 is 1.03 bits per heavy atom. The van der Waals surface area contributed by atoms with Crippen LogP contribution in [0.5, 0.6) is 0 Å². The molecule has 0 radical (unpaired) electrons. The van der Waals surface area contributed by atoms with Crippen molar-refractivity contribution in [1.29, 1.82) is 0 Å². The van der Waals surface area contributed by atoms with Gasteiger partial charge in [-0.1, -0.05) is 0 Å². The summed E-state index contributed by atoms with van der Waals surface area (Å²) in [6, 6.07) is 0. The summed E-state index contributed by atoms with van der Waals surface area (Å²) in [7, 11) is 1.89. The number of likely N-dealkylation sites (tertiary alicyclic amines) is 1. The summed E-state index contributed by atoms with van der Waals surface area (Å²) >= 11 is 0. The van der Waals surface area contributed by atoms with Crippen molar-refractivity contribution < 1.29 is 14.2 Å². The van der Waals surface area contributed by atoms with Gasteiger partial charge >= 0.3 is 0 Å². The third kappa shape index (κ3) is 9.25. The Hall–Kier alpha value is -0.160. The lowest BCUT2D eigenvalue weighted by Gasteiger charge is -2.35. The highest BCUT2D eigenvalue weighted by atomic mass is 127. The van der Waals surface area contributed by atoms with Crippen LogP contribution in [0.25, 0.3) is 0 Å². The van der Waals surface area contributed by atoms with Gasteiger partial charge in [0.25, 0.3) is 0 Å². The molecule has 1 atom stereocenters. The first kappa shape index (κ1) is 25.1. The molecule has 8 heteroatoms. The number of hydrogen-bond acceptors (Lipinski definition) is 5. The van der Waals surface area contributed by atoms with Crippen molar-refractivity contribution in [2.45, 2.75) is 57.2 Å². The van der Waals surface area contributed by atoms with Crippen LogP contribution in [0.2, 0.25) is 0 Å². The zero-order valence-corrected chi connectivity index (χ0v) is 20.5. The van der Waals surface area contributed by atoms with Gasteiger partial charge < -0.3 is 24.4 Å². The second-order valence-electron chi connectivity index (χ2n) is 8.14. The van der Waals surface area contributed by atoms with Gasteiger partial charge in [-0.05, 0) is 51.5 Å². The normalized spacial score (nSPS) is 24.9. The number of nitrogens with one attached hydrogen (secondary N) is 1. The number of morpholine rings is 1. The molecule has 0 bridgehead atoms. The monoisotopic (exact) mass is 524 g/mol. The summed E-state index contributed by atoms with van der Waals surface area (Å²) in [5.41, 5.74) is 0. The summed E-state index contributed by atoms with van der Waals surface area (Å²) < 4.78 is 17.3. The minimum atomic E-state index is 0. The minimum Gasteiger partial charge on any atom is -0.379 e. The average Bonchev–Trinajstić information content (AvgIpc) is 2.77. The number of aliphatic imine (C=N–C) groups is 1. The van der Waals surface area contributed by atoms with Gasteiger partial charge in [-0.2, -0.15) is 0 Å². The molecule has 0 saturated carbocycles. The molecule has 3 heterocycles. The van der Waals surface area contributed by atoms with E-state index in [1.807, 2.05) is 7.05 Å². The first-order valence-corrected chi connectivity index (χ1v) is 11.3. The number of halogens is 1. The molecule has 0 aromatic heterocycles. The van der Waals surface area contributed by atoms with Gasteiger partial charge in [-0.3, -0.25) is 9.89 Å². The number of rotatable bonds is 8. The van der Waals surface area contributed by atoms with Gasteiger partial charge in [0.2, 0.25) is 0 Å². The predicted octanol–water partition coefficient (Wildman–Crippen LogP) is 2.34. The van der Waals surface area contributed by atoms with Gasteiger partial charge in [-0.25, -0.2) is 0 Å². The van der Waals surface area contributed by atoms with Crippen LogP contribution in [0.15, 0.2) is 4.99 Å². The standard InChI is InChI=1S/C21H40N4O3.HI/c1-22-21(23-9-3-4-10-24-13-16-26-17-14-24)25-11-7-19(8-12-25)28-18-20-6-2-5-15-27-20;/h19-20H,2-18H2,1H3,(H,22,23);1H. The number of ether oxygens (including phenoxy) is 3. The maximum Gasteiger partial charge on any atom is 0.193 e. The van der Waals surface area contributed by atoms with E-state index in [-0.39, 0.29) is 24.0 Å². The van der Waals surface area contributed by atoms with Gasteiger partial charge in [0.05, 0.1) is 32.0 Å². The second-order valence-corrected chi connectivity index (χ2v) is 8.14. The van der Waals surface area contributed by atoms with Crippen LogP contribution in [-0.4, -0.2) is 101 Å². The van der Waals surface area contributed by atoms with Crippen molar-refractivity contribution in [3.05, 3.63) is 0 Å². The number of hydrogen-bond donors (Lipinski definition) is 1. The Bertz CT molecular complexity index is 449. The van der Waals surface area contributed by atoms with E-state index in [0.717, 1.165) is 84.4 Å². The van der Waals surface area contributed by atoms with Crippen LogP contribution in [0.3, 0.4) is 0 Å². The third-order valence-corrected chi connectivity index (χ3v) is 6.03. The predicted molar refractivity (Wildman–Crippen MR) is 127 cm³/mol. The number of piperidine rings is 1. The number of guanidine groups is 1. The molecule has 3 rings (SSSR count). The average molecular weight is 524 g/mol. The fourth-order valence-electron chi connectivity index (χ4n) is 4.23. The molecule has 0 amide bonds. The highest BCUT2D eigenvalue weighted by Crippen LogP contribution is 2.18. The second kappa shape index (κ2) is 14.8.